The molecule has 0 aromatic carbocycles. The molecule has 3 aromatic heterocycles. The van der Waals surface area contributed by atoms with E-state index in [1.54, 1.807) is 11.3 Å². The Labute approximate surface area is 227 Å². The number of carbonyl (C=O) groups excluding carboxylic acids is 1. The number of thiophene rings is 2. The number of aryl methyl sites for hydroxylation is 1. The average Bonchev–Trinajstić information content (AvgIpc) is 3.51. The van der Waals surface area contributed by atoms with Gasteiger partial charge < -0.3 is 25.7 Å². The highest BCUT2D eigenvalue weighted by Gasteiger charge is 2.40. The third kappa shape index (κ3) is 10.4. The Balaban J connectivity index is 0.000000332. The van der Waals surface area contributed by atoms with Gasteiger partial charge in [-0.2, -0.15) is 0 Å². The van der Waals surface area contributed by atoms with Crippen LogP contribution in [-0.4, -0.2) is 72.8 Å². The Bertz CT molecular complexity index is 1180. The molecule has 5 N–H and O–H groups in total. The molecule has 0 atom stereocenters. The summed E-state index contributed by atoms with van der Waals surface area (Å²) in [4.78, 5) is 51.4. The maximum atomic E-state index is 12.1. The number of nitrogens with zero attached hydrogens (tertiary/aromatic N) is 2. The quantitative estimate of drug-likeness (QED) is 0.208. The molecule has 0 unspecified atom stereocenters. The normalized spacial score (nSPS) is 10.9. The number of aliphatic carboxylic acids is 3. The van der Waals surface area contributed by atoms with E-state index in [1.807, 2.05) is 41.9 Å². The number of carboxylic acid groups (broad SMARTS) is 3. The van der Waals surface area contributed by atoms with Crippen molar-refractivity contribution in [2.75, 3.05) is 13.1 Å². The monoisotopic (exact) mass is 563 g/mol. The predicted molar refractivity (Wildman–Crippen MR) is 141 cm³/mol. The van der Waals surface area contributed by atoms with E-state index < -0.39 is 36.4 Å². The van der Waals surface area contributed by atoms with Crippen molar-refractivity contribution in [2.24, 2.45) is 0 Å². The van der Waals surface area contributed by atoms with Crippen LogP contribution in [0.5, 0.6) is 0 Å². The van der Waals surface area contributed by atoms with Gasteiger partial charge in [-0.3, -0.25) is 24.3 Å². The molecule has 0 aliphatic rings. The lowest BCUT2D eigenvalue weighted by Gasteiger charge is -2.22. The Kier molecular flexibility index (Phi) is 12.0. The van der Waals surface area contributed by atoms with Crippen LogP contribution in [0.3, 0.4) is 0 Å². The van der Waals surface area contributed by atoms with Crippen LogP contribution in [0.15, 0.2) is 53.4 Å². The van der Waals surface area contributed by atoms with Crippen molar-refractivity contribution in [1.82, 2.24) is 15.2 Å². The lowest BCUT2D eigenvalue weighted by Crippen LogP contribution is -2.42. The summed E-state index contributed by atoms with van der Waals surface area (Å²) in [5.74, 6) is -5.02. The number of amides is 1. The van der Waals surface area contributed by atoms with E-state index >= 15 is 0 Å². The van der Waals surface area contributed by atoms with E-state index in [1.165, 1.54) is 21.8 Å². The summed E-state index contributed by atoms with van der Waals surface area (Å²) < 4.78 is 0. The van der Waals surface area contributed by atoms with E-state index in [0.29, 0.717) is 6.54 Å². The summed E-state index contributed by atoms with van der Waals surface area (Å²) in [6.45, 7) is 5.18. The summed E-state index contributed by atoms with van der Waals surface area (Å²) in [6, 6.07) is 11.9. The average molecular weight is 564 g/mol. The lowest BCUT2D eigenvalue weighted by molar-refractivity contribution is -0.170. The first-order valence-corrected chi connectivity index (χ1v) is 13.1. The van der Waals surface area contributed by atoms with Crippen molar-refractivity contribution in [3.8, 4) is 0 Å². The van der Waals surface area contributed by atoms with Gasteiger partial charge in [0, 0.05) is 37.3 Å². The summed E-state index contributed by atoms with van der Waals surface area (Å²) in [6.07, 6.45) is -0.467. The second-order valence-electron chi connectivity index (χ2n) is 8.27. The molecular weight excluding hydrogens is 534 g/mol. The van der Waals surface area contributed by atoms with E-state index in [4.69, 9.17) is 20.4 Å². The molecule has 38 heavy (non-hydrogen) atoms. The fourth-order valence-corrected chi connectivity index (χ4v) is 4.83. The Morgan fingerprint density at radius 3 is 2.16 bits per heavy atom. The highest BCUT2D eigenvalue weighted by atomic mass is 32.1. The van der Waals surface area contributed by atoms with Gasteiger partial charge >= 0.3 is 17.9 Å². The number of carboxylic acids is 3. The Hall–Kier alpha value is -3.65. The van der Waals surface area contributed by atoms with Crippen LogP contribution >= 0.6 is 22.7 Å². The van der Waals surface area contributed by atoms with Crippen molar-refractivity contribution in [3.05, 3.63) is 74.4 Å². The van der Waals surface area contributed by atoms with Gasteiger partial charge in [-0.1, -0.05) is 12.1 Å². The first-order chi connectivity index (χ1) is 18.0. The molecule has 11 nitrogen and oxygen atoms in total. The molecular formula is C25H29N3O8S2. The first kappa shape index (κ1) is 30.6. The molecule has 0 saturated heterocycles. The molecule has 3 rings (SSSR count). The van der Waals surface area contributed by atoms with E-state index in [-0.39, 0.29) is 5.91 Å². The van der Waals surface area contributed by atoms with Gasteiger partial charge in [-0.05, 0) is 47.5 Å². The minimum atomic E-state index is -2.74. The molecule has 3 heterocycles. The molecule has 0 spiro atoms. The molecule has 0 bridgehead atoms. The van der Waals surface area contributed by atoms with Gasteiger partial charge in [0.25, 0.3) is 5.91 Å². The smallest absolute Gasteiger partial charge is 0.336 e. The van der Waals surface area contributed by atoms with Crippen molar-refractivity contribution in [1.29, 1.82) is 0 Å². The molecule has 0 aliphatic carbocycles. The fraction of sp³-hybridized carbons (Fsp3) is 0.320. The third-order valence-corrected chi connectivity index (χ3v) is 7.07. The molecule has 0 aliphatic heterocycles. The highest BCUT2D eigenvalue weighted by Crippen LogP contribution is 2.19. The SMILES string of the molecule is Cc1ccsc1CN(CCNC(=O)c1cccs1)Cc1ccccn1.O=C(O)CC(O)(CC(=O)O)C(=O)O. The number of pyridine rings is 1. The van der Waals surface area contributed by atoms with Crippen LogP contribution in [0.4, 0.5) is 0 Å². The van der Waals surface area contributed by atoms with Gasteiger partial charge in [0.15, 0.2) is 5.60 Å². The molecule has 3 aromatic rings. The van der Waals surface area contributed by atoms with Gasteiger partial charge in [-0.15, -0.1) is 22.7 Å². The lowest BCUT2D eigenvalue weighted by atomic mass is 9.96. The zero-order chi connectivity index (χ0) is 28.1. The van der Waals surface area contributed by atoms with Crippen LogP contribution in [0.2, 0.25) is 0 Å². The largest absolute Gasteiger partial charge is 0.481 e. The molecule has 0 fully saturated rings. The van der Waals surface area contributed by atoms with Gasteiger partial charge in [0.2, 0.25) is 0 Å². The number of rotatable bonds is 13. The van der Waals surface area contributed by atoms with Gasteiger partial charge in [-0.25, -0.2) is 4.79 Å². The van der Waals surface area contributed by atoms with E-state index in [0.717, 1.165) is 30.2 Å². The second kappa shape index (κ2) is 14.9. The van der Waals surface area contributed by atoms with Gasteiger partial charge in [0.1, 0.15) is 0 Å². The van der Waals surface area contributed by atoms with Crippen LogP contribution < -0.4 is 5.32 Å². The minimum absolute atomic E-state index is 0.0000836. The standard InChI is InChI=1S/C19H21N3OS2.C6H8O7/c1-15-7-12-25-18(15)14-22(13-16-5-2-3-8-20-16)10-9-21-19(23)17-6-4-11-24-17;7-3(8)1-6(13,5(11)12)2-4(9)10/h2-8,11-12H,9-10,13-14H2,1H3,(H,21,23);13H,1-2H2,(H,7,8)(H,9,10)(H,11,12). The zero-order valence-corrected chi connectivity index (χ0v) is 22.2. The van der Waals surface area contributed by atoms with Crippen molar-refractivity contribution in [2.45, 2.75) is 38.5 Å². The second-order valence-corrected chi connectivity index (χ2v) is 10.2. The van der Waals surface area contributed by atoms with Crippen LogP contribution in [-0.2, 0) is 27.5 Å². The number of hydrogen-bond acceptors (Lipinski definition) is 9. The topological polar surface area (TPSA) is 177 Å². The number of aliphatic hydroxyl groups is 1. The van der Waals surface area contributed by atoms with Gasteiger partial charge in [0.05, 0.1) is 23.4 Å². The van der Waals surface area contributed by atoms with E-state index in [2.05, 4.69) is 33.6 Å². The predicted octanol–water partition coefficient (Wildman–Crippen LogP) is 2.70. The summed E-state index contributed by atoms with van der Waals surface area (Å²) >= 11 is 3.24. The van der Waals surface area contributed by atoms with Crippen LogP contribution in [0.1, 0.15) is 38.6 Å². The minimum Gasteiger partial charge on any atom is -0.481 e. The summed E-state index contributed by atoms with van der Waals surface area (Å²) in [5.41, 5.74) is -0.377. The van der Waals surface area contributed by atoms with Crippen LogP contribution in [0, 0.1) is 6.92 Å². The van der Waals surface area contributed by atoms with Crippen molar-refractivity contribution in [3.63, 3.8) is 0 Å². The molecule has 0 saturated carbocycles. The maximum Gasteiger partial charge on any atom is 0.336 e. The molecule has 13 heteroatoms. The fourth-order valence-electron chi connectivity index (χ4n) is 3.24. The summed E-state index contributed by atoms with van der Waals surface area (Å²) in [7, 11) is 0. The maximum absolute atomic E-state index is 12.1. The molecule has 204 valence electrons. The number of carbonyl (C=O) groups is 4. The van der Waals surface area contributed by atoms with Crippen molar-refractivity contribution >= 4 is 46.5 Å². The third-order valence-electron chi connectivity index (χ3n) is 5.19. The van der Waals surface area contributed by atoms with Crippen LogP contribution in [0.25, 0.3) is 0 Å². The van der Waals surface area contributed by atoms with Crippen molar-refractivity contribution < 1.29 is 39.6 Å². The number of hydrogen-bond donors (Lipinski definition) is 5. The highest BCUT2D eigenvalue weighted by molar-refractivity contribution is 7.12. The number of aromatic nitrogens is 1. The summed E-state index contributed by atoms with van der Waals surface area (Å²) in [5, 5.41) is 40.9. The molecule has 0 radical (unpaired) electrons. The number of nitrogens with one attached hydrogen (secondary N) is 1. The zero-order valence-electron chi connectivity index (χ0n) is 20.6. The van der Waals surface area contributed by atoms with E-state index in [9.17, 15) is 19.2 Å². The first-order valence-electron chi connectivity index (χ1n) is 11.4. The Morgan fingerprint density at radius 1 is 0.947 bits per heavy atom. The molecule has 1 amide bonds. The Morgan fingerprint density at radius 2 is 1.66 bits per heavy atom.